The lowest BCUT2D eigenvalue weighted by atomic mass is 10.1. The molecule has 0 radical (unpaired) electrons. The molecule has 0 aliphatic heterocycles. The number of aromatic nitrogens is 5. The summed E-state index contributed by atoms with van der Waals surface area (Å²) in [5.74, 6) is 0.853. The van der Waals surface area contributed by atoms with Gasteiger partial charge in [-0.2, -0.15) is 4.39 Å². The summed E-state index contributed by atoms with van der Waals surface area (Å²) in [5, 5.41) is 3.83. The van der Waals surface area contributed by atoms with Crippen LogP contribution in [-0.4, -0.2) is 39.1 Å². The number of halogens is 1. The minimum absolute atomic E-state index is 0.333. The molecule has 0 spiro atoms. The summed E-state index contributed by atoms with van der Waals surface area (Å²) in [6, 6.07) is 7.15. The third-order valence-electron chi connectivity index (χ3n) is 4.52. The summed E-state index contributed by atoms with van der Waals surface area (Å²) in [6.07, 6.45) is 5.18. The molecule has 4 rings (SSSR count). The third kappa shape index (κ3) is 3.79. The van der Waals surface area contributed by atoms with Crippen LogP contribution >= 0.6 is 0 Å². The summed E-state index contributed by atoms with van der Waals surface area (Å²) in [7, 11) is 3.10. The van der Waals surface area contributed by atoms with E-state index in [0.29, 0.717) is 41.8 Å². The number of pyridine rings is 2. The zero-order valence-electron chi connectivity index (χ0n) is 15.9. The van der Waals surface area contributed by atoms with E-state index in [0.717, 1.165) is 16.5 Å². The molecular weight excluding hydrogens is 375 g/mol. The van der Waals surface area contributed by atoms with Crippen LogP contribution in [0.5, 0.6) is 11.8 Å². The molecule has 8 nitrogen and oxygen atoms in total. The van der Waals surface area contributed by atoms with E-state index in [1.165, 1.54) is 6.33 Å². The van der Waals surface area contributed by atoms with Crippen LogP contribution in [-0.2, 0) is 13.0 Å². The molecule has 0 aromatic carbocycles. The van der Waals surface area contributed by atoms with Crippen LogP contribution in [0.2, 0.25) is 0 Å². The number of hydrogen-bond donors (Lipinski definition) is 2. The van der Waals surface area contributed by atoms with Gasteiger partial charge in [0.2, 0.25) is 17.7 Å². The van der Waals surface area contributed by atoms with Gasteiger partial charge in [0, 0.05) is 36.5 Å². The van der Waals surface area contributed by atoms with Gasteiger partial charge in [0.15, 0.2) is 0 Å². The maximum atomic E-state index is 14.6. The second-order valence-electron chi connectivity index (χ2n) is 6.27. The first-order chi connectivity index (χ1) is 14.2. The van der Waals surface area contributed by atoms with E-state index in [1.807, 2.05) is 12.1 Å². The average molecular weight is 394 g/mol. The average Bonchev–Trinajstić information content (AvgIpc) is 3.17. The Hall–Kier alpha value is -3.75. The predicted octanol–water partition coefficient (Wildman–Crippen LogP) is 3.11. The molecule has 0 unspecified atom stereocenters. The smallest absolute Gasteiger partial charge is 0.226 e. The van der Waals surface area contributed by atoms with Gasteiger partial charge in [-0.15, -0.1) is 0 Å². The first kappa shape index (κ1) is 18.6. The van der Waals surface area contributed by atoms with Crippen LogP contribution < -0.4 is 14.8 Å². The van der Waals surface area contributed by atoms with Crippen molar-refractivity contribution in [3.8, 4) is 11.8 Å². The monoisotopic (exact) mass is 394 g/mol. The quantitative estimate of drug-likeness (QED) is 0.465. The number of fused-ring (bicyclic) bond motifs is 1. The first-order valence-corrected chi connectivity index (χ1v) is 8.91. The van der Waals surface area contributed by atoms with Gasteiger partial charge < -0.3 is 19.8 Å². The van der Waals surface area contributed by atoms with Crippen molar-refractivity contribution in [1.29, 1.82) is 0 Å². The summed E-state index contributed by atoms with van der Waals surface area (Å²) in [6.45, 7) is 0.416. The van der Waals surface area contributed by atoms with Crippen LogP contribution in [0.25, 0.3) is 11.0 Å². The Morgan fingerprint density at radius 2 is 1.86 bits per heavy atom. The lowest BCUT2D eigenvalue weighted by molar-refractivity contribution is 0.393. The topological polar surface area (TPSA) is 97.8 Å². The number of anilines is 1. The Morgan fingerprint density at radius 1 is 1.00 bits per heavy atom. The SMILES string of the molecule is COc1ncccc1CNc1ccc(Cc2c[nH]c3ncnc(OC)c23)c(F)n1. The van der Waals surface area contributed by atoms with E-state index in [9.17, 15) is 4.39 Å². The number of nitrogens with one attached hydrogen (secondary N) is 2. The zero-order valence-corrected chi connectivity index (χ0v) is 15.9. The van der Waals surface area contributed by atoms with E-state index < -0.39 is 5.95 Å². The highest BCUT2D eigenvalue weighted by molar-refractivity contribution is 5.85. The van der Waals surface area contributed by atoms with Crippen molar-refractivity contribution >= 4 is 16.9 Å². The molecule has 4 aromatic heterocycles. The molecule has 0 saturated carbocycles. The number of ether oxygens (including phenoxy) is 2. The Morgan fingerprint density at radius 3 is 2.66 bits per heavy atom. The number of hydrogen-bond acceptors (Lipinski definition) is 7. The predicted molar refractivity (Wildman–Crippen MR) is 106 cm³/mol. The molecule has 9 heteroatoms. The maximum Gasteiger partial charge on any atom is 0.226 e. The van der Waals surface area contributed by atoms with Gasteiger partial charge in [0.25, 0.3) is 0 Å². The van der Waals surface area contributed by atoms with Crippen molar-refractivity contribution in [3.63, 3.8) is 0 Å². The Labute approximate surface area is 166 Å². The van der Waals surface area contributed by atoms with Crippen molar-refractivity contribution in [3.05, 3.63) is 65.6 Å². The second-order valence-corrected chi connectivity index (χ2v) is 6.27. The zero-order chi connectivity index (χ0) is 20.2. The van der Waals surface area contributed by atoms with Crippen LogP contribution in [0.3, 0.4) is 0 Å². The maximum absolute atomic E-state index is 14.6. The highest BCUT2D eigenvalue weighted by Gasteiger charge is 2.15. The molecule has 0 aliphatic carbocycles. The number of methoxy groups -OCH3 is 2. The molecule has 2 N–H and O–H groups in total. The molecule has 4 aromatic rings. The fourth-order valence-electron chi connectivity index (χ4n) is 3.12. The second kappa shape index (κ2) is 8.09. The molecule has 0 saturated heterocycles. The minimum atomic E-state index is -0.543. The van der Waals surface area contributed by atoms with Crippen LogP contribution in [0.15, 0.2) is 43.0 Å². The van der Waals surface area contributed by atoms with Crippen molar-refractivity contribution in [2.75, 3.05) is 19.5 Å². The van der Waals surface area contributed by atoms with Gasteiger partial charge in [-0.05, 0) is 17.7 Å². The Bertz CT molecular complexity index is 1150. The molecule has 0 amide bonds. The van der Waals surface area contributed by atoms with E-state index in [4.69, 9.17) is 9.47 Å². The first-order valence-electron chi connectivity index (χ1n) is 8.91. The molecule has 29 heavy (non-hydrogen) atoms. The van der Waals surface area contributed by atoms with Crippen molar-refractivity contribution in [2.45, 2.75) is 13.0 Å². The standard InChI is InChI=1S/C20H19FN6O2/c1-28-19-13(4-3-7-22-19)9-23-15-6-5-12(17(21)27-15)8-14-10-24-18-16(14)20(29-2)26-11-25-18/h3-7,10-11H,8-9H2,1-2H3,(H,23,27)(H,24,25,26). The van der Waals surface area contributed by atoms with Crippen molar-refractivity contribution < 1.29 is 13.9 Å². The van der Waals surface area contributed by atoms with Crippen LogP contribution in [0.4, 0.5) is 10.2 Å². The summed E-state index contributed by atoms with van der Waals surface area (Å²) in [5.41, 5.74) is 2.79. The molecule has 0 aliphatic rings. The molecule has 148 valence electrons. The minimum Gasteiger partial charge on any atom is -0.481 e. The van der Waals surface area contributed by atoms with Gasteiger partial charge in [-0.1, -0.05) is 12.1 Å². The number of rotatable bonds is 7. The number of nitrogens with zero attached hydrogens (tertiary/aromatic N) is 4. The lowest BCUT2D eigenvalue weighted by Gasteiger charge is -2.10. The van der Waals surface area contributed by atoms with Gasteiger partial charge in [0.1, 0.15) is 17.8 Å². The molecular formula is C20H19FN6O2. The van der Waals surface area contributed by atoms with Crippen molar-refractivity contribution in [2.24, 2.45) is 0 Å². The number of aromatic amines is 1. The summed E-state index contributed by atoms with van der Waals surface area (Å²) < 4.78 is 25.2. The fraction of sp³-hybridized carbons (Fsp3) is 0.200. The van der Waals surface area contributed by atoms with Gasteiger partial charge >= 0.3 is 0 Å². The molecule has 0 atom stereocenters. The normalized spacial score (nSPS) is 10.9. The lowest BCUT2D eigenvalue weighted by Crippen LogP contribution is -2.06. The van der Waals surface area contributed by atoms with Gasteiger partial charge in [-0.25, -0.2) is 19.9 Å². The van der Waals surface area contributed by atoms with Gasteiger partial charge in [-0.3, -0.25) is 0 Å². The summed E-state index contributed by atoms with van der Waals surface area (Å²) in [4.78, 5) is 19.5. The third-order valence-corrected chi connectivity index (χ3v) is 4.52. The van der Waals surface area contributed by atoms with Crippen molar-refractivity contribution in [1.82, 2.24) is 24.9 Å². The fourth-order valence-corrected chi connectivity index (χ4v) is 3.12. The van der Waals surface area contributed by atoms with E-state index in [2.05, 4.69) is 30.2 Å². The number of H-pyrrole nitrogens is 1. The highest BCUT2D eigenvalue weighted by Crippen LogP contribution is 2.27. The molecule has 0 fully saturated rings. The largest absolute Gasteiger partial charge is 0.481 e. The summed E-state index contributed by atoms with van der Waals surface area (Å²) >= 11 is 0. The van der Waals surface area contributed by atoms with Gasteiger partial charge in [0.05, 0.1) is 19.6 Å². The Kier molecular flexibility index (Phi) is 5.19. The van der Waals surface area contributed by atoms with Crippen LogP contribution in [0.1, 0.15) is 16.7 Å². The van der Waals surface area contributed by atoms with E-state index in [-0.39, 0.29) is 0 Å². The van der Waals surface area contributed by atoms with E-state index >= 15 is 0 Å². The molecule has 0 bridgehead atoms. The molecule has 4 heterocycles. The van der Waals surface area contributed by atoms with E-state index in [1.54, 1.807) is 38.7 Å². The van der Waals surface area contributed by atoms with Crippen LogP contribution in [0, 0.1) is 5.95 Å². The Balaban J connectivity index is 1.52. The highest BCUT2D eigenvalue weighted by atomic mass is 19.1.